The molecular formula is C11H9BrClFO4S. The standard InChI is InChI=1S/C11H9BrClFO4S/c12-10-8(14)4-6(5-9(10)19(13,16)17)11(15)18-7-2-1-3-7/h4-5,7H,1-3H2. The van der Waals surface area contributed by atoms with E-state index in [9.17, 15) is 17.6 Å². The van der Waals surface area contributed by atoms with E-state index in [0.717, 1.165) is 31.4 Å². The summed E-state index contributed by atoms with van der Waals surface area (Å²) in [5.74, 6) is -1.64. The van der Waals surface area contributed by atoms with Gasteiger partial charge in [0.1, 0.15) is 16.8 Å². The summed E-state index contributed by atoms with van der Waals surface area (Å²) in [5, 5.41) is 0. The second-order valence-electron chi connectivity index (χ2n) is 4.17. The molecule has 0 radical (unpaired) electrons. The number of carbonyl (C=O) groups is 1. The number of ether oxygens (including phenoxy) is 1. The molecule has 1 aliphatic carbocycles. The van der Waals surface area contributed by atoms with E-state index in [0.29, 0.717) is 0 Å². The summed E-state index contributed by atoms with van der Waals surface area (Å²) in [7, 11) is 1.03. The maximum atomic E-state index is 13.6. The second-order valence-corrected chi connectivity index (χ2v) is 7.49. The van der Waals surface area contributed by atoms with Crippen molar-refractivity contribution in [3.8, 4) is 0 Å². The van der Waals surface area contributed by atoms with E-state index in [4.69, 9.17) is 15.4 Å². The molecule has 0 amide bonds. The topological polar surface area (TPSA) is 60.4 Å². The molecule has 1 fully saturated rings. The first kappa shape index (κ1) is 14.7. The van der Waals surface area contributed by atoms with Crippen molar-refractivity contribution in [1.29, 1.82) is 0 Å². The fourth-order valence-electron chi connectivity index (χ4n) is 1.57. The Hall–Kier alpha value is -0.660. The number of hydrogen-bond acceptors (Lipinski definition) is 4. The van der Waals surface area contributed by atoms with Crippen LogP contribution in [-0.2, 0) is 13.8 Å². The van der Waals surface area contributed by atoms with E-state index in [1.807, 2.05) is 0 Å². The average Bonchev–Trinajstić information content (AvgIpc) is 2.25. The Kier molecular flexibility index (Phi) is 4.17. The van der Waals surface area contributed by atoms with Gasteiger partial charge in [0.25, 0.3) is 9.05 Å². The van der Waals surface area contributed by atoms with Crippen molar-refractivity contribution >= 4 is 41.6 Å². The van der Waals surface area contributed by atoms with Gasteiger partial charge in [0, 0.05) is 10.7 Å². The zero-order chi connectivity index (χ0) is 14.2. The van der Waals surface area contributed by atoms with E-state index >= 15 is 0 Å². The summed E-state index contributed by atoms with van der Waals surface area (Å²) < 4.78 is 40.9. The Labute approximate surface area is 122 Å². The minimum Gasteiger partial charge on any atom is -0.459 e. The maximum absolute atomic E-state index is 13.6. The average molecular weight is 372 g/mol. The highest BCUT2D eigenvalue weighted by atomic mass is 79.9. The lowest BCUT2D eigenvalue weighted by Crippen LogP contribution is -2.25. The van der Waals surface area contributed by atoms with Gasteiger partial charge in [-0.15, -0.1) is 0 Å². The highest BCUT2D eigenvalue weighted by molar-refractivity contribution is 9.10. The number of benzene rings is 1. The van der Waals surface area contributed by atoms with Gasteiger partial charge in [-0.25, -0.2) is 17.6 Å². The third-order valence-corrected chi connectivity index (χ3v) is 5.23. The molecule has 19 heavy (non-hydrogen) atoms. The molecule has 0 aromatic heterocycles. The van der Waals surface area contributed by atoms with E-state index in [1.165, 1.54) is 0 Å². The van der Waals surface area contributed by atoms with Crippen LogP contribution in [0.2, 0.25) is 0 Å². The molecule has 1 saturated carbocycles. The van der Waals surface area contributed by atoms with Crippen LogP contribution in [-0.4, -0.2) is 20.5 Å². The van der Waals surface area contributed by atoms with Crippen molar-refractivity contribution in [2.75, 3.05) is 0 Å². The van der Waals surface area contributed by atoms with E-state index in [-0.39, 0.29) is 16.1 Å². The molecule has 0 unspecified atom stereocenters. The number of rotatable bonds is 3. The van der Waals surface area contributed by atoms with Crippen LogP contribution in [0, 0.1) is 5.82 Å². The Balaban J connectivity index is 2.36. The van der Waals surface area contributed by atoms with E-state index in [2.05, 4.69) is 15.9 Å². The molecule has 8 heteroatoms. The highest BCUT2D eigenvalue weighted by Gasteiger charge is 2.25. The molecule has 2 rings (SSSR count). The van der Waals surface area contributed by atoms with Crippen LogP contribution >= 0.6 is 26.6 Å². The fraction of sp³-hybridized carbons (Fsp3) is 0.364. The number of esters is 1. The van der Waals surface area contributed by atoms with Crippen LogP contribution in [0.3, 0.4) is 0 Å². The fourth-order valence-corrected chi connectivity index (χ4v) is 3.66. The molecule has 0 heterocycles. The summed E-state index contributed by atoms with van der Waals surface area (Å²) >= 11 is 2.78. The van der Waals surface area contributed by atoms with Crippen molar-refractivity contribution in [3.63, 3.8) is 0 Å². The second kappa shape index (κ2) is 5.38. The van der Waals surface area contributed by atoms with Crippen LogP contribution in [0.15, 0.2) is 21.5 Å². The molecule has 0 N–H and O–H groups in total. The van der Waals surface area contributed by atoms with Crippen molar-refractivity contribution in [3.05, 3.63) is 28.0 Å². The molecule has 0 saturated heterocycles. The molecule has 1 aromatic carbocycles. The summed E-state index contributed by atoms with van der Waals surface area (Å²) in [4.78, 5) is 11.3. The van der Waals surface area contributed by atoms with Crippen LogP contribution in [0.1, 0.15) is 29.6 Å². The maximum Gasteiger partial charge on any atom is 0.338 e. The quantitative estimate of drug-likeness (QED) is 0.604. The first-order chi connectivity index (χ1) is 8.79. The van der Waals surface area contributed by atoms with Gasteiger partial charge in [0.15, 0.2) is 0 Å². The molecule has 1 aromatic rings. The van der Waals surface area contributed by atoms with Gasteiger partial charge in [-0.1, -0.05) is 0 Å². The lowest BCUT2D eigenvalue weighted by atomic mass is 9.96. The van der Waals surface area contributed by atoms with Crippen LogP contribution in [0.5, 0.6) is 0 Å². The van der Waals surface area contributed by atoms with Gasteiger partial charge < -0.3 is 4.74 Å². The van der Waals surface area contributed by atoms with Crippen molar-refractivity contribution < 1.29 is 22.3 Å². The first-order valence-electron chi connectivity index (χ1n) is 5.43. The molecule has 4 nitrogen and oxygen atoms in total. The Morgan fingerprint density at radius 3 is 2.53 bits per heavy atom. The summed E-state index contributed by atoms with van der Waals surface area (Å²) in [6.07, 6.45) is 2.35. The number of halogens is 3. The van der Waals surface area contributed by atoms with Gasteiger partial charge in [0.2, 0.25) is 0 Å². The lowest BCUT2D eigenvalue weighted by molar-refractivity contribution is 0.00893. The smallest absolute Gasteiger partial charge is 0.338 e. The zero-order valence-corrected chi connectivity index (χ0v) is 12.7. The number of hydrogen-bond donors (Lipinski definition) is 0. The lowest BCUT2D eigenvalue weighted by Gasteiger charge is -2.25. The largest absolute Gasteiger partial charge is 0.459 e. The third kappa shape index (κ3) is 3.27. The van der Waals surface area contributed by atoms with Gasteiger partial charge in [-0.2, -0.15) is 0 Å². The predicted octanol–water partition coefficient (Wildman–Crippen LogP) is 3.23. The zero-order valence-electron chi connectivity index (χ0n) is 9.53. The highest BCUT2D eigenvalue weighted by Crippen LogP contribution is 2.30. The summed E-state index contributed by atoms with van der Waals surface area (Å²) in [5.41, 5.74) is -0.174. The first-order valence-corrected chi connectivity index (χ1v) is 8.54. The van der Waals surface area contributed by atoms with E-state index < -0.39 is 25.7 Å². The van der Waals surface area contributed by atoms with Gasteiger partial charge >= 0.3 is 5.97 Å². The third-order valence-electron chi connectivity index (χ3n) is 2.82. The Morgan fingerprint density at radius 1 is 1.42 bits per heavy atom. The van der Waals surface area contributed by atoms with Crippen molar-refractivity contribution in [1.82, 2.24) is 0 Å². The van der Waals surface area contributed by atoms with Gasteiger partial charge in [-0.3, -0.25) is 0 Å². The molecule has 0 spiro atoms. The monoisotopic (exact) mass is 370 g/mol. The molecule has 104 valence electrons. The molecule has 0 aliphatic heterocycles. The minimum atomic E-state index is -4.15. The summed E-state index contributed by atoms with van der Waals surface area (Å²) in [6.45, 7) is 0. The summed E-state index contributed by atoms with van der Waals surface area (Å²) in [6, 6.07) is 1.91. The predicted molar refractivity (Wildman–Crippen MR) is 70.2 cm³/mol. The Bertz CT molecular complexity index is 628. The van der Waals surface area contributed by atoms with E-state index in [1.54, 1.807) is 0 Å². The van der Waals surface area contributed by atoms with Crippen molar-refractivity contribution in [2.24, 2.45) is 0 Å². The number of carbonyl (C=O) groups excluding carboxylic acids is 1. The molecule has 0 bridgehead atoms. The Morgan fingerprint density at radius 2 is 2.05 bits per heavy atom. The van der Waals surface area contributed by atoms with Crippen molar-refractivity contribution in [2.45, 2.75) is 30.3 Å². The molecule has 1 aliphatic rings. The van der Waals surface area contributed by atoms with Crippen LogP contribution in [0.4, 0.5) is 4.39 Å². The normalized spacial score (nSPS) is 15.9. The molecule has 0 atom stereocenters. The van der Waals surface area contributed by atoms with Crippen LogP contribution < -0.4 is 0 Å². The van der Waals surface area contributed by atoms with Gasteiger partial charge in [0.05, 0.1) is 10.0 Å². The molecular weight excluding hydrogens is 363 g/mol. The van der Waals surface area contributed by atoms with Gasteiger partial charge in [-0.05, 0) is 47.3 Å². The SMILES string of the molecule is O=C(OC1CCC1)c1cc(F)c(Br)c(S(=O)(=O)Cl)c1. The van der Waals surface area contributed by atoms with Crippen LogP contribution in [0.25, 0.3) is 0 Å². The minimum absolute atomic E-state index is 0.171.